The molecule has 0 bridgehead atoms. The summed E-state index contributed by atoms with van der Waals surface area (Å²) in [6.07, 6.45) is 9.38. The minimum absolute atomic E-state index is 0.314. The monoisotopic (exact) mass is 318 g/mol. The van der Waals surface area contributed by atoms with Crippen molar-refractivity contribution in [1.29, 1.82) is 0 Å². The third-order valence-electron chi connectivity index (χ3n) is 6.49. The average Bonchev–Trinajstić information content (AvgIpc) is 3.23. The van der Waals surface area contributed by atoms with Crippen molar-refractivity contribution in [1.82, 2.24) is 19.6 Å². The Labute approximate surface area is 139 Å². The summed E-state index contributed by atoms with van der Waals surface area (Å²) in [6.45, 7) is 5.08. The topological polar surface area (TPSA) is 33.5 Å². The molecule has 2 aliphatic heterocycles. The summed E-state index contributed by atoms with van der Waals surface area (Å²) >= 11 is 0. The fraction of sp³-hybridized carbons (Fsp3) is 0.833. The summed E-state index contributed by atoms with van der Waals surface area (Å²) in [4.78, 5) is 5.26. The normalized spacial score (nSPS) is 37.1. The van der Waals surface area contributed by atoms with Gasteiger partial charge in [0.05, 0.1) is 12.1 Å². The molecule has 2 saturated heterocycles. The Hall–Kier alpha value is -0.910. The van der Waals surface area contributed by atoms with E-state index in [1.165, 1.54) is 51.9 Å². The molecule has 23 heavy (non-hydrogen) atoms. The van der Waals surface area contributed by atoms with Crippen LogP contribution < -0.4 is 0 Å². The smallest absolute Gasteiger partial charge is 0.0798 e. The first-order valence-electron chi connectivity index (χ1n) is 9.19. The van der Waals surface area contributed by atoms with Gasteiger partial charge in [0.2, 0.25) is 0 Å². The summed E-state index contributed by atoms with van der Waals surface area (Å²) in [5.41, 5.74) is 0. The van der Waals surface area contributed by atoms with E-state index in [2.05, 4.69) is 32.8 Å². The molecule has 1 aliphatic carbocycles. The first-order valence-corrected chi connectivity index (χ1v) is 9.19. The minimum Gasteiger partial charge on any atom is -0.379 e. The molecule has 0 N–H and O–H groups in total. The summed E-state index contributed by atoms with van der Waals surface area (Å²) in [5.74, 6) is 1.63. The van der Waals surface area contributed by atoms with E-state index in [9.17, 15) is 0 Å². The number of rotatable bonds is 3. The number of piperidine rings is 1. The van der Waals surface area contributed by atoms with Crippen molar-refractivity contribution in [2.45, 2.75) is 43.9 Å². The van der Waals surface area contributed by atoms with Gasteiger partial charge in [-0.2, -0.15) is 5.10 Å². The number of aromatic nitrogens is 2. The average molecular weight is 318 g/mol. The van der Waals surface area contributed by atoms with Crippen molar-refractivity contribution in [2.24, 2.45) is 11.8 Å². The van der Waals surface area contributed by atoms with Crippen LogP contribution in [0.1, 0.15) is 31.7 Å². The molecule has 0 amide bonds. The fourth-order valence-corrected chi connectivity index (χ4v) is 5.09. The van der Waals surface area contributed by atoms with Crippen molar-refractivity contribution in [3.8, 4) is 0 Å². The lowest BCUT2D eigenvalue weighted by molar-refractivity contribution is -0.00489. The molecule has 4 rings (SSSR count). The molecule has 3 fully saturated rings. The molecule has 3 aliphatic rings. The molecule has 3 heterocycles. The number of likely N-dealkylation sites (tertiary alicyclic amines) is 2. The summed E-state index contributed by atoms with van der Waals surface area (Å²) in [5, 5.41) is 4.49. The van der Waals surface area contributed by atoms with E-state index >= 15 is 0 Å². The molecule has 1 aromatic heterocycles. The highest BCUT2D eigenvalue weighted by molar-refractivity contribution is 4.98. The zero-order valence-electron chi connectivity index (χ0n) is 14.5. The van der Waals surface area contributed by atoms with Crippen molar-refractivity contribution in [2.75, 3.05) is 40.3 Å². The minimum atomic E-state index is 0.314. The molecule has 0 spiro atoms. The highest BCUT2D eigenvalue weighted by Crippen LogP contribution is 2.43. The first-order chi connectivity index (χ1) is 11.2. The fourth-order valence-electron chi connectivity index (χ4n) is 5.09. The molecule has 128 valence electrons. The van der Waals surface area contributed by atoms with Gasteiger partial charge in [0.1, 0.15) is 0 Å². The molecule has 1 aromatic rings. The SMILES string of the molecule is CO[C@H]1C[C@@H]2CN(C3CCN(C)CC3)C[C@@H]2C[C@@H]1n1cccn1. The van der Waals surface area contributed by atoms with Crippen LogP contribution in [0.3, 0.4) is 0 Å². The number of methoxy groups -OCH3 is 1. The predicted molar refractivity (Wildman–Crippen MR) is 90.4 cm³/mol. The van der Waals surface area contributed by atoms with E-state index in [1.807, 2.05) is 19.4 Å². The second-order valence-electron chi connectivity index (χ2n) is 7.81. The molecule has 4 atom stereocenters. The highest BCUT2D eigenvalue weighted by atomic mass is 16.5. The number of fused-ring (bicyclic) bond motifs is 1. The lowest BCUT2D eigenvalue weighted by Gasteiger charge is -2.37. The van der Waals surface area contributed by atoms with Gasteiger partial charge in [-0.25, -0.2) is 0 Å². The van der Waals surface area contributed by atoms with Gasteiger partial charge in [0.25, 0.3) is 0 Å². The van der Waals surface area contributed by atoms with Gasteiger partial charge >= 0.3 is 0 Å². The second kappa shape index (κ2) is 6.54. The quantitative estimate of drug-likeness (QED) is 0.852. The molecule has 0 aromatic carbocycles. The van der Waals surface area contributed by atoms with E-state index in [1.54, 1.807) is 0 Å². The Bertz CT molecular complexity index is 497. The Morgan fingerprint density at radius 1 is 1.09 bits per heavy atom. The van der Waals surface area contributed by atoms with E-state index in [0.717, 1.165) is 17.9 Å². The lowest BCUT2D eigenvalue weighted by atomic mass is 9.77. The van der Waals surface area contributed by atoms with Crippen LogP contribution in [0.4, 0.5) is 0 Å². The van der Waals surface area contributed by atoms with Gasteiger partial charge in [-0.3, -0.25) is 9.58 Å². The number of hydrogen-bond donors (Lipinski definition) is 0. The maximum Gasteiger partial charge on any atom is 0.0798 e. The number of hydrogen-bond acceptors (Lipinski definition) is 4. The molecule has 0 radical (unpaired) electrons. The lowest BCUT2D eigenvalue weighted by Crippen LogP contribution is -2.42. The molecular formula is C18H30N4O. The van der Waals surface area contributed by atoms with Gasteiger partial charge < -0.3 is 9.64 Å². The Kier molecular flexibility index (Phi) is 4.43. The predicted octanol–water partition coefficient (Wildman–Crippen LogP) is 1.88. The van der Waals surface area contributed by atoms with Crippen LogP contribution in [0.2, 0.25) is 0 Å². The molecule has 1 saturated carbocycles. The largest absolute Gasteiger partial charge is 0.379 e. The summed E-state index contributed by atoms with van der Waals surface area (Å²) in [7, 11) is 4.11. The first kappa shape index (κ1) is 15.6. The van der Waals surface area contributed by atoms with E-state index in [4.69, 9.17) is 4.74 Å². The van der Waals surface area contributed by atoms with Crippen molar-refractivity contribution in [3.63, 3.8) is 0 Å². The van der Waals surface area contributed by atoms with E-state index < -0.39 is 0 Å². The van der Waals surface area contributed by atoms with Crippen LogP contribution in [-0.4, -0.2) is 72.1 Å². The van der Waals surface area contributed by atoms with Crippen LogP contribution in [0.25, 0.3) is 0 Å². The Balaban J connectivity index is 1.43. The maximum atomic E-state index is 5.84. The number of nitrogens with zero attached hydrogens (tertiary/aromatic N) is 4. The van der Waals surface area contributed by atoms with Gasteiger partial charge in [0, 0.05) is 38.6 Å². The van der Waals surface area contributed by atoms with Crippen LogP contribution in [0.15, 0.2) is 18.5 Å². The number of ether oxygens (including phenoxy) is 1. The van der Waals surface area contributed by atoms with Crippen LogP contribution >= 0.6 is 0 Å². The summed E-state index contributed by atoms with van der Waals surface area (Å²) < 4.78 is 7.97. The maximum absolute atomic E-state index is 5.84. The van der Waals surface area contributed by atoms with Gasteiger partial charge in [0.15, 0.2) is 0 Å². The van der Waals surface area contributed by atoms with E-state index in [-0.39, 0.29) is 0 Å². The second-order valence-corrected chi connectivity index (χ2v) is 7.81. The van der Waals surface area contributed by atoms with Crippen molar-refractivity contribution >= 4 is 0 Å². The molecule has 0 unspecified atom stereocenters. The Morgan fingerprint density at radius 2 is 1.83 bits per heavy atom. The zero-order chi connectivity index (χ0) is 15.8. The van der Waals surface area contributed by atoms with E-state index in [0.29, 0.717) is 12.1 Å². The molecule has 5 heteroatoms. The van der Waals surface area contributed by atoms with Gasteiger partial charge in [-0.05, 0) is 63.7 Å². The molecular weight excluding hydrogens is 288 g/mol. The van der Waals surface area contributed by atoms with Crippen molar-refractivity contribution in [3.05, 3.63) is 18.5 Å². The third kappa shape index (κ3) is 3.06. The van der Waals surface area contributed by atoms with Crippen molar-refractivity contribution < 1.29 is 4.74 Å². The van der Waals surface area contributed by atoms with Crippen LogP contribution in [-0.2, 0) is 4.74 Å². The van der Waals surface area contributed by atoms with Crippen LogP contribution in [0.5, 0.6) is 0 Å². The zero-order valence-corrected chi connectivity index (χ0v) is 14.5. The third-order valence-corrected chi connectivity index (χ3v) is 6.49. The van der Waals surface area contributed by atoms with Gasteiger partial charge in [-0.15, -0.1) is 0 Å². The summed E-state index contributed by atoms with van der Waals surface area (Å²) in [6, 6.07) is 3.24. The van der Waals surface area contributed by atoms with Gasteiger partial charge in [-0.1, -0.05) is 0 Å². The standard InChI is InChI=1S/C18H30N4O/c1-20-8-4-16(5-9-20)21-12-14-10-17(22-7-3-6-19-22)18(23-2)11-15(14)13-21/h3,6-7,14-18H,4-5,8-13H2,1-2H3/t14-,15+,17-,18-/m0/s1. The highest BCUT2D eigenvalue weighted by Gasteiger charge is 2.44. The van der Waals surface area contributed by atoms with Crippen LogP contribution in [0, 0.1) is 11.8 Å². The molecule has 5 nitrogen and oxygen atoms in total. The Morgan fingerprint density at radius 3 is 2.48 bits per heavy atom.